The number of rotatable bonds is 2. The second kappa shape index (κ2) is 6.38. The number of imide groups is 1. The van der Waals surface area contributed by atoms with E-state index in [9.17, 15) is 14.7 Å². The van der Waals surface area contributed by atoms with Crippen molar-refractivity contribution in [2.45, 2.75) is 18.8 Å². The minimum Gasteiger partial charge on any atom is -0.507 e. The number of carbonyl (C=O) groups is 2. The molecule has 3 aliphatic carbocycles. The summed E-state index contributed by atoms with van der Waals surface area (Å²) >= 11 is 0. The normalized spacial score (nSPS) is 25.6. The fourth-order valence-electron chi connectivity index (χ4n) is 5.67. The van der Waals surface area contributed by atoms with Crippen LogP contribution in [0.15, 0.2) is 71.8 Å². The van der Waals surface area contributed by atoms with Crippen LogP contribution in [0.3, 0.4) is 0 Å². The van der Waals surface area contributed by atoms with Crippen molar-refractivity contribution in [1.82, 2.24) is 5.01 Å². The molecule has 5 heteroatoms. The lowest BCUT2D eigenvalue weighted by molar-refractivity contribution is -0.139. The van der Waals surface area contributed by atoms with Crippen molar-refractivity contribution in [2.75, 3.05) is 0 Å². The van der Waals surface area contributed by atoms with Gasteiger partial charge in [-0.1, -0.05) is 60.2 Å². The SMILES string of the molecule is Cc1ccc(O)c(/C=N\N2C(=O)[C@H]3C4c5ccccc5C(c5ccccc54)[C@@H]3C2=O)c1. The van der Waals surface area contributed by atoms with E-state index in [1.165, 1.54) is 6.21 Å². The third kappa shape index (κ3) is 2.40. The van der Waals surface area contributed by atoms with Gasteiger partial charge >= 0.3 is 0 Å². The van der Waals surface area contributed by atoms with Gasteiger partial charge in [-0.05, 0) is 41.3 Å². The number of nitrogens with zero attached hydrogens (tertiary/aromatic N) is 2. The van der Waals surface area contributed by atoms with Gasteiger partial charge in [-0.25, -0.2) is 0 Å². The number of phenolic OH excluding ortho intramolecular Hbond substituents is 1. The number of aromatic hydroxyl groups is 1. The minimum atomic E-state index is -0.453. The van der Waals surface area contributed by atoms with Gasteiger partial charge in [0.1, 0.15) is 5.75 Å². The first-order valence-corrected chi connectivity index (χ1v) is 10.5. The summed E-state index contributed by atoms with van der Waals surface area (Å²) in [6.07, 6.45) is 1.40. The molecule has 0 aromatic heterocycles. The number of hydrogen-bond acceptors (Lipinski definition) is 4. The van der Waals surface area contributed by atoms with Gasteiger partial charge in [-0.2, -0.15) is 10.1 Å². The van der Waals surface area contributed by atoms with Crippen LogP contribution >= 0.6 is 0 Å². The molecule has 0 unspecified atom stereocenters. The Balaban J connectivity index is 1.46. The van der Waals surface area contributed by atoms with Crippen LogP contribution in [0.2, 0.25) is 0 Å². The van der Waals surface area contributed by atoms with Gasteiger partial charge in [0.15, 0.2) is 0 Å². The predicted molar refractivity (Wildman–Crippen MR) is 116 cm³/mol. The second-order valence-electron chi connectivity index (χ2n) is 8.56. The Kier molecular flexibility index (Phi) is 3.72. The van der Waals surface area contributed by atoms with Gasteiger partial charge < -0.3 is 5.11 Å². The van der Waals surface area contributed by atoms with Gasteiger partial charge in [-0.3, -0.25) is 9.59 Å². The van der Waals surface area contributed by atoms with E-state index in [0.29, 0.717) is 5.56 Å². The van der Waals surface area contributed by atoms with E-state index in [4.69, 9.17) is 0 Å². The first-order valence-electron chi connectivity index (χ1n) is 10.5. The molecule has 0 saturated carbocycles. The second-order valence-corrected chi connectivity index (χ2v) is 8.56. The Morgan fingerprint density at radius 1 is 0.806 bits per heavy atom. The monoisotopic (exact) mass is 408 g/mol. The zero-order chi connectivity index (χ0) is 21.3. The molecule has 31 heavy (non-hydrogen) atoms. The Morgan fingerprint density at radius 3 is 1.77 bits per heavy atom. The Bertz CT molecular complexity index is 1180. The first kappa shape index (κ1) is 18.1. The maximum absolute atomic E-state index is 13.5. The molecule has 2 bridgehead atoms. The van der Waals surface area contributed by atoms with Crippen molar-refractivity contribution >= 4 is 18.0 Å². The maximum atomic E-state index is 13.5. The first-order chi connectivity index (χ1) is 15.1. The molecule has 3 aromatic rings. The molecule has 1 aliphatic heterocycles. The smallest absolute Gasteiger partial charge is 0.254 e. The number of phenols is 1. The van der Waals surface area contributed by atoms with Crippen LogP contribution in [0.25, 0.3) is 0 Å². The summed E-state index contributed by atoms with van der Waals surface area (Å²) < 4.78 is 0. The fourth-order valence-corrected chi connectivity index (χ4v) is 5.67. The minimum absolute atomic E-state index is 0.0609. The molecule has 0 spiro atoms. The molecular weight excluding hydrogens is 388 g/mol. The van der Waals surface area contributed by atoms with Gasteiger partial charge in [0.2, 0.25) is 0 Å². The summed E-state index contributed by atoms with van der Waals surface area (Å²) in [5, 5.41) is 15.4. The van der Waals surface area contributed by atoms with Gasteiger partial charge in [0.05, 0.1) is 18.1 Å². The van der Waals surface area contributed by atoms with E-state index in [2.05, 4.69) is 29.4 Å². The molecule has 5 nitrogen and oxygen atoms in total. The molecule has 2 amide bonds. The number of aryl methyl sites for hydroxylation is 1. The fraction of sp³-hybridized carbons (Fsp3) is 0.192. The van der Waals surface area contributed by atoms with Gasteiger partial charge in [0, 0.05) is 17.4 Å². The molecule has 1 N–H and O–H groups in total. The van der Waals surface area contributed by atoms with Crippen LogP contribution in [-0.4, -0.2) is 28.1 Å². The van der Waals surface area contributed by atoms with E-state index in [-0.39, 0.29) is 29.4 Å². The number of benzene rings is 3. The quantitative estimate of drug-likeness (QED) is 0.516. The summed E-state index contributed by atoms with van der Waals surface area (Å²) in [4.78, 5) is 26.9. The molecule has 2 atom stereocenters. The number of amides is 2. The lowest BCUT2D eigenvalue weighted by Gasteiger charge is -2.45. The highest BCUT2D eigenvalue weighted by Crippen LogP contribution is 2.60. The van der Waals surface area contributed by atoms with Gasteiger partial charge in [0.25, 0.3) is 11.8 Å². The number of hydrogen-bond donors (Lipinski definition) is 1. The summed E-state index contributed by atoms with van der Waals surface area (Å²) in [5.74, 6) is -1.67. The summed E-state index contributed by atoms with van der Waals surface area (Å²) in [6, 6.07) is 21.4. The summed E-state index contributed by atoms with van der Waals surface area (Å²) in [7, 11) is 0. The van der Waals surface area contributed by atoms with Crippen molar-refractivity contribution < 1.29 is 14.7 Å². The third-order valence-corrected chi connectivity index (χ3v) is 6.92. The van der Waals surface area contributed by atoms with Crippen LogP contribution in [0, 0.1) is 18.8 Å². The van der Waals surface area contributed by atoms with Crippen LogP contribution in [-0.2, 0) is 9.59 Å². The van der Waals surface area contributed by atoms with E-state index < -0.39 is 11.8 Å². The van der Waals surface area contributed by atoms with Crippen molar-refractivity contribution in [3.05, 3.63) is 100 Å². The molecule has 1 saturated heterocycles. The van der Waals surface area contributed by atoms with Crippen LogP contribution in [0.4, 0.5) is 0 Å². The topological polar surface area (TPSA) is 70.0 Å². The number of hydrazone groups is 1. The lowest BCUT2D eigenvalue weighted by Crippen LogP contribution is -2.41. The lowest BCUT2D eigenvalue weighted by atomic mass is 9.55. The van der Waals surface area contributed by atoms with E-state index in [1.807, 2.05) is 31.2 Å². The molecule has 1 fully saturated rings. The van der Waals surface area contributed by atoms with Crippen LogP contribution in [0.5, 0.6) is 5.75 Å². The van der Waals surface area contributed by atoms with Crippen molar-refractivity contribution in [3.8, 4) is 5.75 Å². The average Bonchev–Trinajstić information content (AvgIpc) is 3.05. The van der Waals surface area contributed by atoms with Crippen molar-refractivity contribution in [1.29, 1.82) is 0 Å². The largest absolute Gasteiger partial charge is 0.507 e. The molecule has 1 heterocycles. The zero-order valence-corrected chi connectivity index (χ0v) is 16.9. The molecule has 3 aromatic carbocycles. The number of carbonyl (C=O) groups excluding carboxylic acids is 2. The highest BCUT2D eigenvalue weighted by Gasteiger charge is 2.61. The molecule has 0 radical (unpaired) electrons. The average molecular weight is 408 g/mol. The Labute approximate surface area is 179 Å². The predicted octanol–water partition coefficient (Wildman–Crippen LogP) is 3.93. The van der Waals surface area contributed by atoms with Gasteiger partial charge in [-0.15, -0.1) is 0 Å². The van der Waals surface area contributed by atoms with Crippen LogP contribution < -0.4 is 0 Å². The van der Waals surface area contributed by atoms with E-state index >= 15 is 0 Å². The third-order valence-electron chi connectivity index (χ3n) is 6.92. The Hall–Kier alpha value is -3.73. The molecule has 7 rings (SSSR count). The standard InChI is InChI=1S/C26H20N2O3/c1-14-10-11-20(29)15(12-14)13-27-28-25(30)23-21-16-6-2-3-7-17(16)22(24(23)26(28)31)19-9-5-4-8-18(19)21/h2-13,21-24,29H,1H3/b27-13-/t21?,22?,23-,24-/m0/s1. The molecule has 4 aliphatic rings. The summed E-state index contributed by atoms with van der Waals surface area (Å²) in [6.45, 7) is 1.91. The molecular formula is C26H20N2O3. The van der Waals surface area contributed by atoms with Crippen LogP contribution in [0.1, 0.15) is 45.2 Å². The van der Waals surface area contributed by atoms with Crippen molar-refractivity contribution in [2.24, 2.45) is 16.9 Å². The summed E-state index contributed by atoms with van der Waals surface area (Å²) in [5.41, 5.74) is 5.97. The van der Waals surface area contributed by atoms with Crippen molar-refractivity contribution in [3.63, 3.8) is 0 Å². The highest BCUT2D eigenvalue weighted by atomic mass is 16.3. The maximum Gasteiger partial charge on any atom is 0.254 e. The van der Waals surface area contributed by atoms with E-state index in [1.54, 1.807) is 18.2 Å². The molecule has 152 valence electrons. The van der Waals surface area contributed by atoms with E-state index in [0.717, 1.165) is 32.8 Å². The highest BCUT2D eigenvalue weighted by molar-refractivity contribution is 6.08. The zero-order valence-electron chi connectivity index (χ0n) is 16.9. The Morgan fingerprint density at radius 2 is 1.29 bits per heavy atom.